The van der Waals surface area contributed by atoms with E-state index in [-0.39, 0.29) is 11.8 Å². The van der Waals surface area contributed by atoms with Crippen LogP contribution in [0.25, 0.3) is 11.3 Å². The maximum absolute atomic E-state index is 12.2. The van der Waals surface area contributed by atoms with Crippen molar-refractivity contribution in [3.05, 3.63) is 36.9 Å². The first kappa shape index (κ1) is 13.9. The molecule has 2 aromatic heterocycles. The van der Waals surface area contributed by atoms with E-state index in [0.717, 1.165) is 11.3 Å². The molecule has 1 unspecified atom stereocenters. The fourth-order valence-electron chi connectivity index (χ4n) is 2.40. The van der Waals surface area contributed by atoms with Gasteiger partial charge in [0.25, 0.3) is 0 Å². The van der Waals surface area contributed by atoms with Gasteiger partial charge in [0.1, 0.15) is 12.1 Å². The zero-order chi connectivity index (χ0) is 15.4. The van der Waals surface area contributed by atoms with Gasteiger partial charge >= 0.3 is 0 Å². The summed E-state index contributed by atoms with van der Waals surface area (Å²) in [5.74, 6) is 0.165. The Morgan fingerprint density at radius 1 is 1.36 bits per heavy atom. The molecular weight excluding hydrogens is 280 g/mol. The van der Waals surface area contributed by atoms with Crippen LogP contribution in [0.4, 0.5) is 5.82 Å². The maximum atomic E-state index is 12.2. The van der Waals surface area contributed by atoms with Crippen molar-refractivity contribution in [2.75, 3.05) is 18.4 Å². The van der Waals surface area contributed by atoms with Crippen molar-refractivity contribution >= 4 is 11.7 Å². The number of nitriles is 1. The monoisotopic (exact) mass is 294 g/mol. The Morgan fingerprint density at radius 3 is 2.91 bits per heavy atom. The quantitative estimate of drug-likeness (QED) is 0.857. The lowest BCUT2D eigenvalue weighted by Crippen LogP contribution is -2.25. The van der Waals surface area contributed by atoms with E-state index in [1.54, 1.807) is 23.4 Å². The molecule has 0 aliphatic carbocycles. The molecule has 0 radical (unpaired) electrons. The normalized spacial score (nSPS) is 17.0. The van der Waals surface area contributed by atoms with Crippen molar-refractivity contribution in [3.8, 4) is 17.5 Å². The summed E-state index contributed by atoms with van der Waals surface area (Å²) in [5, 5.41) is 11.6. The molecule has 3 rings (SSSR count). The van der Waals surface area contributed by atoms with Crippen LogP contribution in [0.1, 0.15) is 6.42 Å². The van der Waals surface area contributed by atoms with E-state index in [0.29, 0.717) is 25.3 Å². The summed E-state index contributed by atoms with van der Waals surface area (Å²) in [6.45, 7) is 1.09. The molecule has 1 atom stereocenters. The van der Waals surface area contributed by atoms with Crippen LogP contribution in [-0.4, -0.2) is 38.8 Å². The molecule has 7 nitrogen and oxygen atoms in total. The Hall–Kier alpha value is -3.01. The molecule has 22 heavy (non-hydrogen) atoms. The smallest absolute Gasteiger partial charge is 0.230 e. The van der Waals surface area contributed by atoms with Gasteiger partial charge in [0.15, 0.2) is 6.19 Å². The number of hydrogen-bond donors (Lipinski definition) is 1. The summed E-state index contributed by atoms with van der Waals surface area (Å²) < 4.78 is 0. The van der Waals surface area contributed by atoms with Gasteiger partial charge in [-0.3, -0.25) is 9.78 Å². The predicted octanol–water partition coefficient (Wildman–Crippen LogP) is 1.28. The number of nitrogens with zero attached hydrogens (tertiary/aromatic N) is 5. The van der Waals surface area contributed by atoms with Crippen LogP contribution in [0.3, 0.4) is 0 Å². The summed E-state index contributed by atoms with van der Waals surface area (Å²) in [6.07, 6.45) is 7.54. The van der Waals surface area contributed by atoms with E-state index < -0.39 is 0 Å². The highest BCUT2D eigenvalue weighted by Crippen LogP contribution is 2.20. The van der Waals surface area contributed by atoms with Crippen LogP contribution in [0.2, 0.25) is 0 Å². The minimum absolute atomic E-state index is 0.114. The molecule has 1 fully saturated rings. The molecule has 0 saturated carbocycles. The molecular formula is C15H14N6O. The number of aromatic nitrogens is 3. The van der Waals surface area contributed by atoms with Crippen molar-refractivity contribution < 1.29 is 4.79 Å². The van der Waals surface area contributed by atoms with Crippen LogP contribution in [0.5, 0.6) is 0 Å². The molecule has 7 heteroatoms. The molecule has 110 valence electrons. The predicted molar refractivity (Wildman–Crippen MR) is 79.2 cm³/mol. The lowest BCUT2D eigenvalue weighted by Gasteiger charge is -2.10. The lowest BCUT2D eigenvalue weighted by atomic mass is 10.1. The van der Waals surface area contributed by atoms with Gasteiger partial charge in [-0.1, -0.05) is 0 Å². The summed E-state index contributed by atoms with van der Waals surface area (Å²) >= 11 is 0. The van der Waals surface area contributed by atoms with Gasteiger partial charge in [0.2, 0.25) is 5.91 Å². The number of hydrogen-bond acceptors (Lipinski definition) is 6. The molecule has 0 aromatic carbocycles. The Balaban J connectivity index is 1.71. The van der Waals surface area contributed by atoms with E-state index in [1.807, 2.05) is 12.1 Å². The minimum atomic E-state index is -0.181. The number of likely N-dealkylation sites (tertiary alicyclic amines) is 1. The number of amides is 1. The molecule has 1 aliphatic rings. The summed E-state index contributed by atoms with van der Waals surface area (Å²) in [5.41, 5.74) is 1.63. The largest absolute Gasteiger partial charge is 0.310 e. The highest BCUT2D eigenvalue weighted by molar-refractivity contribution is 5.92. The fourth-order valence-corrected chi connectivity index (χ4v) is 2.40. The Morgan fingerprint density at radius 2 is 2.18 bits per heavy atom. The number of carbonyl (C=O) groups is 1. The first-order valence-electron chi connectivity index (χ1n) is 6.94. The zero-order valence-corrected chi connectivity index (χ0v) is 11.8. The highest BCUT2D eigenvalue weighted by atomic mass is 16.2. The second-order valence-corrected chi connectivity index (χ2v) is 5.05. The van der Waals surface area contributed by atoms with Gasteiger partial charge in [-0.05, 0) is 18.6 Å². The van der Waals surface area contributed by atoms with Crippen LogP contribution in [0.15, 0.2) is 36.9 Å². The number of carbonyl (C=O) groups excluding carboxylic acids is 1. The van der Waals surface area contributed by atoms with E-state index in [1.165, 1.54) is 6.33 Å². The molecule has 2 aromatic rings. The first-order valence-corrected chi connectivity index (χ1v) is 6.94. The van der Waals surface area contributed by atoms with Crippen molar-refractivity contribution in [1.82, 2.24) is 19.9 Å². The van der Waals surface area contributed by atoms with Crippen LogP contribution in [-0.2, 0) is 4.79 Å². The molecule has 3 heterocycles. The fraction of sp³-hybridized carbons (Fsp3) is 0.267. The summed E-state index contributed by atoms with van der Waals surface area (Å²) in [6, 6.07) is 5.41. The third kappa shape index (κ3) is 3.01. The van der Waals surface area contributed by atoms with Crippen LogP contribution >= 0.6 is 0 Å². The van der Waals surface area contributed by atoms with Crippen molar-refractivity contribution in [3.63, 3.8) is 0 Å². The van der Waals surface area contributed by atoms with Gasteiger partial charge in [-0.15, -0.1) is 0 Å². The zero-order valence-electron chi connectivity index (χ0n) is 11.8. The van der Waals surface area contributed by atoms with Crippen LogP contribution < -0.4 is 5.32 Å². The summed E-state index contributed by atoms with van der Waals surface area (Å²) in [4.78, 5) is 26.0. The van der Waals surface area contributed by atoms with Gasteiger partial charge < -0.3 is 10.2 Å². The molecule has 1 aliphatic heterocycles. The van der Waals surface area contributed by atoms with Crippen molar-refractivity contribution in [2.45, 2.75) is 6.42 Å². The number of pyridine rings is 1. The first-order chi connectivity index (χ1) is 10.8. The van der Waals surface area contributed by atoms with E-state index in [9.17, 15) is 4.79 Å². The molecule has 0 bridgehead atoms. The number of nitrogens with one attached hydrogen (secondary N) is 1. The van der Waals surface area contributed by atoms with Gasteiger partial charge in [-0.2, -0.15) is 5.26 Å². The SMILES string of the molecule is N#CN1CCC(C(=O)Nc2cc(-c3ccncc3)ncn2)C1. The molecule has 0 spiro atoms. The average Bonchev–Trinajstić information content (AvgIpc) is 3.05. The van der Waals surface area contributed by atoms with Crippen LogP contribution in [0, 0.1) is 17.4 Å². The summed E-state index contributed by atoms with van der Waals surface area (Å²) in [7, 11) is 0. The third-order valence-electron chi connectivity index (χ3n) is 3.59. The van der Waals surface area contributed by atoms with E-state index in [2.05, 4.69) is 26.5 Å². The number of anilines is 1. The highest BCUT2D eigenvalue weighted by Gasteiger charge is 2.28. The Labute approximate surface area is 127 Å². The molecule has 1 amide bonds. The third-order valence-corrected chi connectivity index (χ3v) is 3.59. The van der Waals surface area contributed by atoms with Gasteiger partial charge in [0.05, 0.1) is 11.6 Å². The van der Waals surface area contributed by atoms with Crippen molar-refractivity contribution in [2.24, 2.45) is 5.92 Å². The molecule has 1 N–H and O–H groups in total. The molecule has 1 saturated heterocycles. The van der Waals surface area contributed by atoms with Gasteiger partial charge in [-0.25, -0.2) is 9.97 Å². The Kier molecular flexibility index (Phi) is 3.92. The van der Waals surface area contributed by atoms with Gasteiger partial charge in [0, 0.05) is 37.1 Å². The van der Waals surface area contributed by atoms with E-state index in [4.69, 9.17) is 5.26 Å². The minimum Gasteiger partial charge on any atom is -0.310 e. The standard InChI is InChI=1S/C15H14N6O/c16-9-21-6-3-12(8-21)15(22)20-14-7-13(18-10-19-14)11-1-4-17-5-2-11/h1-2,4-5,7,10,12H,3,6,8H2,(H,18,19,20,22). The second kappa shape index (κ2) is 6.18. The lowest BCUT2D eigenvalue weighted by molar-refractivity contribution is -0.119. The Bertz CT molecular complexity index is 711. The maximum Gasteiger partial charge on any atom is 0.230 e. The van der Waals surface area contributed by atoms with E-state index >= 15 is 0 Å². The topological polar surface area (TPSA) is 94.8 Å². The van der Waals surface area contributed by atoms with Crippen molar-refractivity contribution in [1.29, 1.82) is 5.26 Å². The second-order valence-electron chi connectivity index (χ2n) is 5.05. The average molecular weight is 294 g/mol. The number of rotatable bonds is 3.